The number of rotatable bonds is 13. The number of primary amides is 1. The summed E-state index contributed by atoms with van der Waals surface area (Å²) in [5, 5.41) is 33.8. The van der Waals surface area contributed by atoms with Crippen molar-refractivity contribution >= 4 is 29.6 Å². The van der Waals surface area contributed by atoms with Gasteiger partial charge in [0.05, 0.1) is 19.6 Å². The average molecular weight is 419 g/mol. The average Bonchev–Trinajstić information content (AvgIpc) is 2.62. The lowest BCUT2D eigenvalue weighted by Gasteiger charge is -2.24. The fraction of sp³-hybridized carbons (Fsp3) is 0.688. The zero-order valence-corrected chi connectivity index (χ0v) is 16.3. The van der Waals surface area contributed by atoms with Crippen LogP contribution >= 0.6 is 0 Å². The van der Waals surface area contributed by atoms with E-state index in [-0.39, 0.29) is 12.3 Å². The zero-order valence-electron chi connectivity index (χ0n) is 16.3. The van der Waals surface area contributed by atoms with Gasteiger partial charge in [0.1, 0.15) is 24.2 Å². The van der Waals surface area contributed by atoms with Gasteiger partial charge >= 0.3 is 5.97 Å². The molecule has 0 saturated heterocycles. The number of carboxylic acids is 1. The summed E-state index contributed by atoms with van der Waals surface area (Å²) in [6.07, 6.45) is -0.541. The summed E-state index contributed by atoms with van der Waals surface area (Å²) in [5.41, 5.74) is 10.4. The third-order valence-electron chi connectivity index (χ3n) is 3.71. The molecule has 166 valence electrons. The van der Waals surface area contributed by atoms with E-state index in [0.717, 1.165) is 0 Å². The van der Waals surface area contributed by atoms with Crippen molar-refractivity contribution in [1.29, 1.82) is 0 Å². The third kappa shape index (κ3) is 9.82. The molecule has 0 bridgehead atoms. The van der Waals surface area contributed by atoms with Crippen LogP contribution in [0.3, 0.4) is 0 Å². The number of carbonyl (C=O) groups excluding carboxylic acids is 4. The van der Waals surface area contributed by atoms with E-state index in [1.165, 1.54) is 0 Å². The molecule has 0 radical (unpaired) electrons. The maximum Gasteiger partial charge on any atom is 0.326 e. The molecule has 10 N–H and O–H groups in total. The van der Waals surface area contributed by atoms with Crippen molar-refractivity contribution in [3.63, 3.8) is 0 Å². The Morgan fingerprint density at radius 2 is 1.31 bits per heavy atom. The van der Waals surface area contributed by atoms with Crippen LogP contribution in [0.25, 0.3) is 0 Å². The molecule has 0 rings (SSSR count). The first kappa shape index (κ1) is 26.2. The van der Waals surface area contributed by atoms with Crippen molar-refractivity contribution in [3.05, 3.63) is 0 Å². The van der Waals surface area contributed by atoms with Crippen molar-refractivity contribution in [3.8, 4) is 0 Å². The molecule has 0 spiro atoms. The van der Waals surface area contributed by atoms with Crippen LogP contribution in [-0.2, 0) is 24.0 Å². The molecule has 0 heterocycles. The molecule has 0 aliphatic heterocycles. The molecule has 4 atom stereocenters. The molecule has 13 heteroatoms. The summed E-state index contributed by atoms with van der Waals surface area (Å²) in [6.45, 7) is 1.92. The van der Waals surface area contributed by atoms with E-state index in [1.807, 2.05) is 0 Å². The fourth-order valence-electron chi connectivity index (χ4n) is 2.20. The maximum absolute atomic E-state index is 12.4. The molecular weight excluding hydrogens is 390 g/mol. The number of aliphatic carboxylic acids is 1. The second kappa shape index (κ2) is 12.6. The van der Waals surface area contributed by atoms with Gasteiger partial charge in [-0.05, 0) is 12.3 Å². The molecule has 13 nitrogen and oxygen atoms in total. The summed E-state index contributed by atoms with van der Waals surface area (Å²) in [6, 6.07) is -5.67. The molecule has 0 unspecified atom stereocenters. The Hall–Kier alpha value is -2.77. The number of hydrogen-bond acceptors (Lipinski definition) is 8. The Morgan fingerprint density at radius 3 is 1.72 bits per heavy atom. The topological polar surface area (TPSA) is 234 Å². The highest BCUT2D eigenvalue weighted by Crippen LogP contribution is 2.06. The minimum atomic E-state index is -1.54. The highest BCUT2D eigenvalue weighted by molar-refractivity contribution is 5.96. The Bertz CT molecular complexity index is 612. The fourth-order valence-corrected chi connectivity index (χ4v) is 2.20. The van der Waals surface area contributed by atoms with Crippen LogP contribution in [0.15, 0.2) is 0 Å². The third-order valence-corrected chi connectivity index (χ3v) is 3.71. The van der Waals surface area contributed by atoms with E-state index in [4.69, 9.17) is 16.6 Å². The van der Waals surface area contributed by atoms with Gasteiger partial charge in [-0.3, -0.25) is 19.2 Å². The van der Waals surface area contributed by atoms with Crippen LogP contribution < -0.4 is 27.4 Å². The molecule has 0 aromatic carbocycles. The highest BCUT2D eigenvalue weighted by atomic mass is 16.4. The largest absolute Gasteiger partial charge is 0.480 e. The number of nitrogens with two attached hydrogens (primary N) is 2. The Labute approximate surface area is 167 Å². The first-order valence-electron chi connectivity index (χ1n) is 8.82. The lowest BCUT2D eigenvalue weighted by Crippen LogP contribution is -2.59. The minimum absolute atomic E-state index is 0.0645. The van der Waals surface area contributed by atoms with E-state index in [0.29, 0.717) is 0 Å². The van der Waals surface area contributed by atoms with Gasteiger partial charge < -0.3 is 42.7 Å². The number of carbonyl (C=O) groups is 5. The molecule has 0 aromatic rings. The summed E-state index contributed by atoms with van der Waals surface area (Å²) in [5.74, 6) is -5.25. The number of hydrogen-bond donors (Lipinski definition) is 8. The van der Waals surface area contributed by atoms with Crippen molar-refractivity contribution in [2.24, 2.45) is 17.4 Å². The summed E-state index contributed by atoms with van der Waals surface area (Å²) in [7, 11) is 0. The van der Waals surface area contributed by atoms with E-state index in [2.05, 4.69) is 16.0 Å². The van der Waals surface area contributed by atoms with Crippen molar-refractivity contribution < 1.29 is 39.3 Å². The summed E-state index contributed by atoms with van der Waals surface area (Å²) in [4.78, 5) is 58.9. The smallest absolute Gasteiger partial charge is 0.326 e. The molecule has 0 saturated carbocycles. The predicted octanol–water partition coefficient (Wildman–Crippen LogP) is -4.24. The van der Waals surface area contributed by atoms with Crippen molar-refractivity contribution in [2.75, 3.05) is 13.2 Å². The molecule has 0 fully saturated rings. The summed E-state index contributed by atoms with van der Waals surface area (Å²) < 4.78 is 0. The van der Waals surface area contributed by atoms with Gasteiger partial charge in [-0.15, -0.1) is 0 Å². The first-order valence-corrected chi connectivity index (χ1v) is 8.82. The Balaban J connectivity index is 5.27. The van der Waals surface area contributed by atoms with Gasteiger partial charge in [0.2, 0.25) is 23.6 Å². The quantitative estimate of drug-likeness (QED) is 0.144. The second-order valence-corrected chi connectivity index (χ2v) is 6.79. The van der Waals surface area contributed by atoms with Crippen molar-refractivity contribution in [2.45, 2.75) is 50.9 Å². The van der Waals surface area contributed by atoms with Gasteiger partial charge in [0, 0.05) is 0 Å². The lowest BCUT2D eigenvalue weighted by atomic mass is 10.0. The zero-order chi connectivity index (χ0) is 22.7. The summed E-state index contributed by atoms with van der Waals surface area (Å²) >= 11 is 0. The molecule has 4 amide bonds. The lowest BCUT2D eigenvalue weighted by molar-refractivity contribution is -0.143. The van der Waals surface area contributed by atoms with Crippen LogP contribution in [-0.4, -0.2) is 82.3 Å². The molecule has 0 aromatic heterocycles. The number of aliphatic hydroxyl groups is 2. The van der Waals surface area contributed by atoms with E-state index < -0.39 is 73.4 Å². The minimum Gasteiger partial charge on any atom is -0.480 e. The maximum atomic E-state index is 12.4. The Kier molecular flexibility index (Phi) is 11.4. The van der Waals surface area contributed by atoms with Gasteiger partial charge in [-0.1, -0.05) is 13.8 Å². The van der Waals surface area contributed by atoms with E-state index in [9.17, 15) is 34.2 Å². The molecule has 0 aliphatic carbocycles. The van der Waals surface area contributed by atoms with E-state index in [1.54, 1.807) is 13.8 Å². The second-order valence-electron chi connectivity index (χ2n) is 6.79. The number of carboxylic acid groups (broad SMARTS) is 1. The van der Waals surface area contributed by atoms with Crippen LogP contribution in [0.5, 0.6) is 0 Å². The first-order chi connectivity index (χ1) is 13.4. The van der Waals surface area contributed by atoms with Gasteiger partial charge in [-0.2, -0.15) is 0 Å². The van der Waals surface area contributed by atoms with Gasteiger partial charge in [-0.25, -0.2) is 4.79 Å². The van der Waals surface area contributed by atoms with Crippen molar-refractivity contribution in [1.82, 2.24) is 16.0 Å². The SMILES string of the molecule is CC(C)C[C@H](NC(=O)[C@H](CC(N)=O)NC(=O)[C@H](CO)NC(=O)[C@@H](N)CO)C(=O)O. The molecular formula is C16H29N5O8. The standard InChI is InChI=1S/C16H29N5O8/c1-7(2)3-10(16(28)29)20-14(26)9(4-12(18)24)19-15(27)11(6-23)21-13(25)8(17)5-22/h7-11,22-23H,3-6,17H2,1-2H3,(H2,18,24)(H,19,27)(H,20,26)(H,21,25)(H,28,29)/t8-,9-,10-,11-/m0/s1. The van der Waals surface area contributed by atoms with E-state index >= 15 is 0 Å². The highest BCUT2D eigenvalue weighted by Gasteiger charge is 2.31. The van der Waals surface area contributed by atoms with Crippen LogP contribution in [0.4, 0.5) is 0 Å². The number of nitrogens with one attached hydrogen (secondary N) is 3. The van der Waals surface area contributed by atoms with Crippen LogP contribution in [0.1, 0.15) is 26.7 Å². The molecule has 29 heavy (non-hydrogen) atoms. The van der Waals surface area contributed by atoms with Gasteiger partial charge in [0.25, 0.3) is 0 Å². The number of amides is 4. The van der Waals surface area contributed by atoms with Crippen LogP contribution in [0.2, 0.25) is 0 Å². The Morgan fingerprint density at radius 1 is 0.828 bits per heavy atom. The predicted molar refractivity (Wildman–Crippen MR) is 98.8 cm³/mol. The normalized spacial score (nSPS) is 15.0. The van der Waals surface area contributed by atoms with Gasteiger partial charge in [0.15, 0.2) is 0 Å². The van der Waals surface area contributed by atoms with Crippen LogP contribution in [0, 0.1) is 5.92 Å². The monoisotopic (exact) mass is 419 g/mol. The molecule has 0 aliphatic rings. The number of aliphatic hydroxyl groups excluding tert-OH is 2.